The van der Waals surface area contributed by atoms with Gasteiger partial charge in [0.2, 0.25) is 0 Å². The molecule has 0 saturated carbocycles. The predicted octanol–water partition coefficient (Wildman–Crippen LogP) is 2.38. The van der Waals surface area contributed by atoms with Gasteiger partial charge in [-0.15, -0.1) is 0 Å². The van der Waals surface area contributed by atoms with Crippen molar-refractivity contribution in [2.75, 3.05) is 10.8 Å². The fourth-order valence-electron chi connectivity index (χ4n) is 2.77. The van der Waals surface area contributed by atoms with E-state index < -0.39 is 17.2 Å². The summed E-state index contributed by atoms with van der Waals surface area (Å²) >= 11 is 0. The molecule has 1 aliphatic heterocycles. The first-order valence-electron chi connectivity index (χ1n) is 7.12. The molecule has 2 unspecified atom stereocenters. The van der Waals surface area contributed by atoms with Crippen molar-refractivity contribution < 1.29 is 19.3 Å². The van der Waals surface area contributed by atoms with Gasteiger partial charge in [0.15, 0.2) is 0 Å². The van der Waals surface area contributed by atoms with E-state index in [1.54, 1.807) is 12.1 Å². The molecule has 1 aromatic carbocycles. The summed E-state index contributed by atoms with van der Waals surface area (Å²) in [6.07, 6.45) is 9.05. The Hall–Kier alpha value is -1.51. The number of benzene rings is 1. The van der Waals surface area contributed by atoms with Crippen LogP contribution in [0.5, 0.6) is 5.75 Å². The fraction of sp³-hybridized carbons (Fsp3) is 0.333. The third-order valence-corrected chi connectivity index (χ3v) is 5.36. The molecule has 1 heterocycles. The number of rotatable bonds is 3. The van der Waals surface area contributed by atoms with Gasteiger partial charge in [-0.1, -0.05) is 41.3 Å². The summed E-state index contributed by atoms with van der Waals surface area (Å²) in [5.41, 5.74) is 1.28. The zero-order valence-corrected chi connectivity index (χ0v) is 12.8. The molecule has 1 aromatic rings. The van der Waals surface area contributed by atoms with E-state index in [9.17, 15) is 19.3 Å². The number of phenols is 1. The summed E-state index contributed by atoms with van der Waals surface area (Å²) in [5.74, 6) is 0.384. The highest BCUT2D eigenvalue weighted by Gasteiger charge is 2.36. The van der Waals surface area contributed by atoms with Gasteiger partial charge in [0, 0.05) is 0 Å². The Morgan fingerprint density at radius 2 is 2.09 bits per heavy atom. The number of allylic oxidation sites excluding steroid dienone is 4. The van der Waals surface area contributed by atoms with Crippen LogP contribution in [0, 0.1) is 5.92 Å². The molecule has 6 nitrogen and oxygen atoms in total. The van der Waals surface area contributed by atoms with Crippen LogP contribution in [0.25, 0.3) is 0 Å². The van der Waals surface area contributed by atoms with Crippen LogP contribution in [0.15, 0.2) is 42.5 Å². The molecule has 0 spiro atoms. The highest BCUT2D eigenvalue weighted by Crippen LogP contribution is 2.49. The van der Waals surface area contributed by atoms with E-state index in [2.05, 4.69) is 16.9 Å². The Labute approximate surface area is 131 Å². The van der Waals surface area contributed by atoms with Gasteiger partial charge in [-0.2, -0.15) is 4.72 Å². The number of nitrogens with one attached hydrogen (secondary N) is 1. The van der Waals surface area contributed by atoms with Crippen molar-refractivity contribution in [1.29, 1.82) is 0 Å². The van der Waals surface area contributed by atoms with Crippen molar-refractivity contribution in [3.8, 4) is 5.75 Å². The average molecular weight is 324 g/mol. The van der Waals surface area contributed by atoms with Gasteiger partial charge < -0.3 is 10.2 Å². The van der Waals surface area contributed by atoms with Crippen molar-refractivity contribution in [2.45, 2.75) is 19.1 Å². The first kappa shape index (κ1) is 15.4. The molecule has 2 aliphatic rings. The standard InChI is InChI=1S/C15H20N2O4S/c18-14-9-12(8-11-4-2-1-3-5-11)6-7-13(14)17-10-15(19)16-22(17,20)21/h1-4,6-7,9,11,15-16,18-21H,5,8,10H2. The van der Waals surface area contributed by atoms with Gasteiger partial charge in [-0.3, -0.25) is 13.4 Å². The molecule has 1 aliphatic carbocycles. The highest BCUT2D eigenvalue weighted by molar-refractivity contribution is 8.24. The van der Waals surface area contributed by atoms with E-state index in [0.29, 0.717) is 11.6 Å². The Morgan fingerprint density at radius 1 is 1.27 bits per heavy atom. The van der Waals surface area contributed by atoms with Crippen LogP contribution in [0.4, 0.5) is 5.69 Å². The van der Waals surface area contributed by atoms with E-state index in [1.165, 1.54) is 4.31 Å². The van der Waals surface area contributed by atoms with Crippen molar-refractivity contribution in [3.63, 3.8) is 0 Å². The molecule has 7 heteroatoms. The Bertz CT molecular complexity index is 618. The normalized spacial score (nSPS) is 28.0. The number of anilines is 1. The van der Waals surface area contributed by atoms with Crippen molar-refractivity contribution in [2.24, 2.45) is 5.92 Å². The lowest BCUT2D eigenvalue weighted by Gasteiger charge is -2.36. The summed E-state index contributed by atoms with van der Waals surface area (Å²) in [7, 11) is -3.30. The second-order valence-electron chi connectivity index (χ2n) is 5.55. The number of hydrogen-bond acceptors (Lipinski definition) is 6. The lowest BCUT2D eigenvalue weighted by atomic mass is 9.93. The molecular formula is C15H20N2O4S. The predicted molar refractivity (Wildman–Crippen MR) is 87.5 cm³/mol. The van der Waals surface area contributed by atoms with Crippen LogP contribution < -0.4 is 9.03 Å². The van der Waals surface area contributed by atoms with E-state index >= 15 is 0 Å². The number of aliphatic hydroxyl groups excluding tert-OH is 1. The molecule has 0 bridgehead atoms. The maximum atomic E-state index is 10.2. The van der Waals surface area contributed by atoms with Crippen molar-refractivity contribution in [1.82, 2.24) is 4.72 Å². The molecule has 0 radical (unpaired) electrons. The Morgan fingerprint density at radius 3 is 2.68 bits per heavy atom. The van der Waals surface area contributed by atoms with Crippen LogP contribution in [0.2, 0.25) is 0 Å². The minimum Gasteiger partial charge on any atom is -0.506 e. The van der Waals surface area contributed by atoms with Gasteiger partial charge in [0.05, 0.1) is 6.54 Å². The minimum absolute atomic E-state index is 0.00535. The fourth-order valence-corrected chi connectivity index (χ4v) is 4.12. The zero-order valence-electron chi connectivity index (χ0n) is 12.0. The van der Waals surface area contributed by atoms with Gasteiger partial charge in [0.1, 0.15) is 17.7 Å². The quantitative estimate of drug-likeness (QED) is 0.586. The topological polar surface area (TPSA) is 96.2 Å². The number of hydrogen-bond donors (Lipinski definition) is 5. The average Bonchev–Trinajstić information content (AvgIpc) is 2.73. The van der Waals surface area contributed by atoms with Gasteiger partial charge >= 0.3 is 0 Å². The van der Waals surface area contributed by atoms with Gasteiger partial charge in [-0.25, -0.2) is 0 Å². The van der Waals surface area contributed by atoms with E-state index in [0.717, 1.165) is 18.4 Å². The Balaban J connectivity index is 1.78. The van der Waals surface area contributed by atoms with Crippen LogP contribution in [-0.2, 0) is 6.42 Å². The maximum absolute atomic E-state index is 10.2. The SMILES string of the molecule is Oc1cc(CC2C=CC=CC2)ccc1N1CC(O)NS1(O)O. The zero-order chi connectivity index (χ0) is 15.7. The second kappa shape index (κ2) is 5.94. The summed E-state index contributed by atoms with van der Waals surface area (Å²) in [4.78, 5) is 0. The number of phenolic OH excluding ortho intramolecular Hbond substituents is 1. The second-order valence-corrected chi connectivity index (χ2v) is 7.26. The molecule has 5 N–H and O–H groups in total. The molecule has 0 amide bonds. The number of aliphatic hydroxyl groups is 1. The molecule has 1 fully saturated rings. The summed E-state index contributed by atoms with van der Waals surface area (Å²) < 4.78 is 23.3. The lowest BCUT2D eigenvalue weighted by Crippen LogP contribution is -2.25. The smallest absolute Gasteiger partial charge is 0.142 e. The number of aromatic hydroxyl groups is 1. The molecular weight excluding hydrogens is 304 g/mol. The third-order valence-electron chi connectivity index (χ3n) is 3.82. The number of β-amino-alcohol motifs (C(OH)–C–C–N with tert-alkyl or cyclic N) is 1. The first-order chi connectivity index (χ1) is 10.5. The minimum atomic E-state index is -3.30. The largest absolute Gasteiger partial charge is 0.506 e. The monoisotopic (exact) mass is 324 g/mol. The number of nitrogens with zero attached hydrogens (tertiary/aromatic N) is 1. The van der Waals surface area contributed by atoms with E-state index in [-0.39, 0.29) is 12.3 Å². The lowest BCUT2D eigenvalue weighted by molar-refractivity contribution is 0.182. The molecule has 22 heavy (non-hydrogen) atoms. The molecule has 0 aromatic heterocycles. The van der Waals surface area contributed by atoms with Crippen molar-refractivity contribution >= 4 is 16.6 Å². The highest BCUT2D eigenvalue weighted by atomic mass is 32.3. The summed E-state index contributed by atoms with van der Waals surface area (Å²) in [6, 6.07) is 5.16. The Kier molecular flexibility index (Phi) is 4.16. The molecule has 1 saturated heterocycles. The van der Waals surface area contributed by atoms with Crippen LogP contribution in [0.1, 0.15) is 12.0 Å². The van der Waals surface area contributed by atoms with E-state index in [1.807, 2.05) is 18.2 Å². The third kappa shape index (κ3) is 3.13. The molecule has 2 atom stereocenters. The summed E-state index contributed by atoms with van der Waals surface area (Å²) in [6.45, 7) is 0.00535. The van der Waals surface area contributed by atoms with Crippen LogP contribution in [0.3, 0.4) is 0 Å². The van der Waals surface area contributed by atoms with Gasteiger partial charge in [-0.05, 0) is 36.5 Å². The van der Waals surface area contributed by atoms with Crippen LogP contribution in [-0.4, -0.2) is 32.1 Å². The van der Waals surface area contributed by atoms with Gasteiger partial charge in [0.25, 0.3) is 0 Å². The first-order valence-corrected chi connectivity index (χ1v) is 8.62. The molecule has 120 valence electrons. The van der Waals surface area contributed by atoms with E-state index in [4.69, 9.17) is 0 Å². The molecule has 3 rings (SSSR count). The van der Waals surface area contributed by atoms with Crippen LogP contribution >= 0.6 is 11.0 Å². The summed E-state index contributed by atoms with van der Waals surface area (Å²) in [5, 5.41) is 19.7. The maximum Gasteiger partial charge on any atom is 0.142 e. The van der Waals surface area contributed by atoms with Crippen molar-refractivity contribution in [3.05, 3.63) is 48.1 Å².